The number of fused-ring (bicyclic) bond motifs is 2. The standard InChI is InChI=1S/C16H29BN2O/c1-13(2,12-18)11-14(3,4)15-7-5-9-16(17-19,20-15)10-6-8-15/h17H,5-11,19H2,1-4H3. The molecule has 2 N–H and O–H groups in total. The predicted molar refractivity (Wildman–Crippen MR) is 83.4 cm³/mol. The summed E-state index contributed by atoms with van der Waals surface area (Å²) in [6, 6.07) is 2.45. The Bertz CT molecular complexity index is 401. The quantitative estimate of drug-likeness (QED) is 0.803. The first kappa shape index (κ1) is 15.9. The largest absolute Gasteiger partial charge is 0.375 e. The average molecular weight is 276 g/mol. The van der Waals surface area contributed by atoms with Gasteiger partial charge in [-0.25, -0.2) is 0 Å². The zero-order valence-electron chi connectivity index (χ0n) is 13.6. The van der Waals surface area contributed by atoms with Gasteiger partial charge in [0.1, 0.15) is 0 Å². The highest BCUT2D eigenvalue weighted by Crippen LogP contribution is 2.55. The second kappa shape index (κ2) is 5.03. The van der Waals surface area contributed by atoms with E-state index in [-0.39, 0.29) is 21.9 Å². The molecule has 0 saturated carbocycles. The smallest absolute Gasteiger partial charge is 0.235 e. The highest BCUT2D eigenvalue weighted by atomic mass is 16.5. The predicted octanol–water partition coefficient (Wildman–Crippen LogP) is 3.08. The fraction of sp³-hybridized carbons (Fsp3) is 0.938. The first-order chi connectivity index (χ1) is 9.20. The molecule has 4 heteroatoms. The third-order valence-electron chi connectivity index (χ3n) is 5.63. The van der Waals surface area contributed by atoms with E-state index in [4.69, 9.17) is 10.4 Å². The van der Waals surface area contributed by atoms with Crippen LogP contribution in [0.1, 0.15) is 72.6 Å². The molecule has 0 aliphatic carbocycles. The van der Waals surface area contributed by atoms with Crippen LogP contribution in [0.2, 0.25) is 0 Å². The van der Waals surface area contributed by atoms with Gasteiger partial charge in [0.25, 0.3) is 0 Å². The molecule has 2 fully saturated rings. The normalized spacial score (nSPS) is 34.4. The van der Waals surface area contributed by atoms with Crippen molar-refractivity contribution < 1.29 is 4.74 Å². The van der Waals surface area contributed by atoms with E-state index in [0.717, 1.165) is 32.1 Å². The highest BCUT2D eigenvalue weighted by molar-refractivity contribution is 6.35. The summed E-state index contributed by atoms with van der Waals surface area (Å²) in [6.07, 6.45) is 7.71. The molecule has 3 nitrogen and oxygen atoms in total. The molecule has 0 aromatic carbocycles. The maximum atomic E-state index is 9.36. The van der Waals surface area contributed by atoms with Crippen molar-refractivity contribution in [2.75, 3.05) is 0 Å². The van der Waals surface area contributed by atoms with Gasteiger partial charge in [0.2, 0.25) is 7.41 Å². The molecule has 2 heterocycles. The minimum Gasteiger partial charge on any atom is -0.375 e. The van der Waals surface area contributed by atoms with Crippen LogP contribution in [0.15, 0.2) is 0 Å². The molecule has 2 bridgehead atoms. The summed E-state index contributed by atoms with van der Waals surface area (Å²) in [5.41, 5.74) is 5.55. The van der Waals surface area contributed by atoms with Crippen LogP contribution >= 0.6 is 0 Å². The van der Waals surface area contributed by atoms with Crippen LogP contribution in [0.5, 0.6) is 0 Å². The molecule has 0 aromatic heterocycles. The Kier molecular flexibility index (Phi) is 3.99. The van der Waals surface area contributed by atoms with E-state index in [1.165, 1.54) is 12.8 Å². The Morgan fingerprint density at radius 2 is 1.70 bits per heavy atom. The third kappa shape index (κ3) is 2.63. The van der Waals surface area contributed by atoms with E-state index in [2.05, 4.69) is 19.9 Å². The molecule has 0 atom stereocenters. The fourth-order valence-electron chi connectivity index (χ4n) is 4.63. The highest BCUT2D eigenvalue weighted by Gasteiger charge is 2.56. The van der Waals surface area contributed by atoms with Crippen molar-refractivity contribution in [1.29, 1.82) is 5.26 Å². The molecule has 112 valence electrons. The van der Waals surface area contributed by atoms with Crippen LogP contribution in [-0.2, 0) is 4.74 Å². The first-order valence-electron chi connectivity index (χ1n) is 8.01. The molecular weight excluding hydrogens is 247 g/mol. The summed E-state index contributed by atoms with van der Waals surface area (Å²) >= 11 is 0. The second-order valence-electron chi connectivity index (χ2n) is 8.25. The van der Waals surface area contributed by atoms with Gasteiger partial charge in [-0.3, -0.25) is 0 Å². The lowest BCUT2D eigenvalue weighted by molar-refractivity contribution is -0.236. The van der Waals surface area contributed by atoms with E-state index >= 15 is 0 Å². The summed E-state index contributed by atoms with van der Waals surface area (Å²) in [5.74, 6) is 0. The number of hydrogen-bond acceptors (Lipinski definition) is 3. The molecule has 2 rings (SSSR count). The second-order valence-corrected chi connectivity index (χ2v) is 8.25. The van der Waals surface area contributed by atoms with Crippen LogP contribution in [0, 0.1) is 22.2 Å². The lowest BCUT2D eigenvalue weighted by Crippen LogP contribution is -2.62. The van der Waals surface area contributed by atoms with Crippen molar-refractivity contribution in [3.63, 3.8) is 0 Å². The molecular formula is C16H29BN2O. The Labute approximate surface area is 124 Å². The molecule has 0 aromatic rings. The summed E-state index contributed by atoms with van der Waals surface area (Å²) in [6.45, 7) is 8.63. The van der Waals surface area contributed by atoms with Crippen LogP contribution in [0.25, 0.3) is 0 Å². The lowest BCUT2D eigenvalue weighted by atomic mass is 9.54. The molecule has 2 saturated heterocycles. The molecule has 0 unspecified atom stereocenters. The van der Waals surface area contributed by atoms with Gasteiger partial charge in [-0.05, 0) is 64.2 Å². The maximum Gasteiger partial charge on any atom is 0.235 e. The third-order valence-corrected chi connectivity index (χ3v) is 5.63. The molecule has 2 aliphatic rings. The van der Waals surface area contributed by atoms with Gasteiger partial charge >= 0.3 is 0 Å². The van der Waals surface area contributed by atoms with E-state index in [9.17, 15) is 5.26 Å². The van der Waals surface area contributed by atoms with E-state index in [1.54, 1.807) is 0 Å². The van der Waals surface area contributed by atoms with Crippen LogP contribution in [-0.4, -0.2) is 18.5 Å². The zero-order valence-corrected chi connectivity index (χ0v) is 13.6. The van der Waals surface area contributed by atoms with E-state index in [0.29, 0.717) is 7.41 Å². The number of nitriles is 1. The van der Waals surface area contributed by atoms with Gasteiger partial charge in [0.05, 0.1) is 22.6 Å². The average Bonchev–Trinajstić information content (AvgIpc) is 2.37. The van der Waals surface area contributed by atoms with Gasteiger partial charge in [-0.15, -0.1) is 0 Å². The number of rotatable bonds is 4. The summed E-state index contributed by atoms with van der Waals surface area (Å²) < 4.78 is 6.67. The molecule has 0 radical (unpaired) electrons. The van der Waals surface area contributed by atoms with Crippen molar-refractivity contribution in [2.45, 2.75) is 83.7 Å². The Balaban J connectivity index is 2.27. The van der Waals surface area contributed by atoms with Crippen LogP contribution < -0.4 is 5.64 Å². The van der Waals surface area contributed by atoms with Crippen LogP contribution in [0.3, 0.4) is 0 Å². The minimum absolute atomic E-state index is 0.00743. The monoisotopic (exact) mass is 276 g/mol. The van der Waals surface area contributed by atoms with Crippen molar-refractivity contribution >= 4 is 7.41 Å². The molecule has 0 spiro atoms. The van der Waals surface area contributed by atoms with Gasteiger partial charge in [0.15, 0.2) is 0 Å². The first-order valence-corrected chi connectivity index (χ1v) is 8.01. The lowest BCUT2D eigenvalue weighted by Gasteiger charge is -2.59. The maximum absolute atomic E-state index is 9.36. The van der Waals surface area contributed by atoms with E-state index in [1.807, 2.05) is 13.8 Å². The Morgan fingerprint density at radius 1 is 1.15 bits per heavy atom. The van der Waals surface area contributed by atoms with Crippen molar-refractivity contribution in [2.24, 2.45) is 16.5 Å². The van der Waals surface area contributed by atoms with Crippen molar-refractivity contribution in [1.82, 2.24) is 0 Å². The van der Waals surface area contributed by atoms with Gasteiger partial charge in [-0.1, -0.05) is 13.8 Å². The number of nitrogens with zero attached hydrogens (tertiary/aromatic N) is 1. The van der Waals surface area contributed by atoms with Gasteiger partial charge < -0.3 is 10.4 Å². The number of nitrogens with two attached hydrogens (primary N) is 1. The Morgan fingerprint density at radius 3 is 2.15 bits per heavy atom. The van der Waals surface area contributed by atoms with Gasteiger partial charge in [-0.2, -0.15) is 5.26 Å². The molecule has 0 amide bonds. The van der Waals surface area contributed by atoms with Crippen molar-refractivity contribution in [3.8, 4) is 6.07 Å². The van der Waals surface area contributed by atoms with Crippen molar-refractivity contribution in [3.05, 3.63) is 0 Å². The number of ether oxygens (including phenoxy) is 1. The molecule has 2 aliphatic heterocycles. The topological polar surface area (TPSA) is 59.0 Å². The Hall–Kier alpha value is -0.525. The minimum atomic E-state index is -0.304. The number of hydrogen-bond donors (Lipinski definition) is 1. The summed E-state index contributed by atoms with van der Waals surface area (Å²) in [7, 11) is 0.631. The van der Waals surface area contributed by atoms with E-state index < -0.39 is 0 Å². The fourth-order valence-corrected chi connectivity index (χ4v) is 4.63. The molecule has 20 heavy (non-hydrogen) atoms. The zero-order chi connectivity index (χ0) is 15.1. The summed E-state index contributed by atoms with van der Waals surface area (Å²) in [4.78, 5) is 0. The summed E-state index contributed by atoms with van der Waals surface area (Å²) in [5, 5.41) is 9.36. The van der Waals surface area contributed by atoms with Crippen LogP contribution in [0.4, 0.5) is 0 Å². The SMILES string of the molecule is CC(C)(C#N)CC(C)(C)C12CCCC(BN)(CCC1)O2. The van der Waals surface area contributed by atoms with Gasteiger partial charge in [0, 0.05) is 0 Å².